The number of amides is 4. The molecule has 2 heterocycles. The van der Waals surface area contributed by atoms with Crippen molar-refractivity contribution in [3.63, 3.8) is 0 Å². The van der Waals surface area contributed by atoms with Crippen molar-refractivity contribution in [1.82, 2.24) is 20.9 Å². The number of alkyl halides is 3. The number of alkyl carbamates (subject to hydrolysis) is 1. The van der Waals surface area contributed by atoms with Crippen LogP contribution in [-0.4, -0.2) is 66.8 Å². The molecular formula is C27H35F3N4O6. The molecule has 2 aliphatic rings. The highest BCUT2D eigenvalue weighted by molar-refractivity contribution is 5.88. The molecule has 0 aromatic heterocycles. The van der Waals surface area contributed by atoms with Gasteiger partial charge in [0.25, 0.3) is 0 Å². The zero-order valence-corrected chi connectivity index (χ0v) is 22.5. The van der Waals surface area contributed by atoms with Crippen molar-refractivity contribution in [3.8, 4) is 0 Å². The van der Waals surface area contributed by atoms with E-state index in [0.29, 0.717) is 24.8 Å². The number of rotatable bonds is 12. The van der Waals surface area contributed by atoms with Crippen LogP contribution >= 0.6 is 0 Å². The lowest BCUT2D eigenvalue weighted by Crippen LogP contribution is -2.51. The summed E-state index contributed by atoms with van der Waals surface area (Å²) >= 11 is 0. The van der Waals surface area contributed by atoms with Gasteiger partial charge in [0.2, 0.25) is 17.7 Å². The zero-order chi connectivity index (χ0) is 29.4. The molecule has 2 saturated heterocycles. The van der Waals surface area contributed by atoms with E-state index in [2.05, 4.69) is 16.0 Å². The Hall–Kier alpha value is -3.64. The highest BCUT2D eigenvalue weighted by Crippen LogP contribution is 2.30. The van der Waals surface area contributed by atoms with Crippen LogP contribution in [0.15, 0.2) is 24.3 Å². The van der Waals surface area contributed by atoms with Gasteiger partial charge in [-0.15, -0.1) is 0 Å². The van der Waals surface area contributed by atoms with Gasteiger partial charge < -0.3 is 30.4 Å². The van der Waals surface area contributed by atoms with E-state index in [1.54, 1.807) is 0 Å². The minimum absolute atomic E-state index is 0.00248. The van der Waals surface area contributed by atoms with Gasteiger partial charge >= 0.3 is 12.3 Å². The predicted molar refractivity (Wildman–Crippen MR) is 136 cm³/mol. The monoisotopic (exact) mass is 568 g/mol. The molecule has 0 bridgehead atoms. The van der Waals surface area contributed by atoms with Crippen LogP contribution in [0.4, 0.5) is 18.0 Å². The highest BCUT2D eigenvalue weighted by atomic mass is 19.4. The van der Waals surface area contributed by atoms with Gasteiger partial charge in [0.1, 0.15) is 12.3 Å². The fourth-order valence-electron chi connectivity index (χ4n) is 4.87. The summed E-state index contributed by atoms with van der Waals surface area (Å²) in [6.07, 6.45) is -3.73. The van der Waals surface area contributed by atoms with E-state index in [1.165, 1.54) is 17.0 Å². The molecule has 0 spiro atoms. The first kappa shape index (κ1) is 30.9. The molecule has 1 aromatic rings. The maximum atomic E-state index is 13.0. The summed E-state index contributed by atoms with van der Waals surface area (Å²) in [6, 6.07) is 2.89. The first-order valence-corrected chi connectivity index (χ1v) is 13.3. The molecule has 4 atom stereocenters. The molecule has 0 aliphatic carbocycles. The average Bonchev–Trinajstić information content (AvgIpc) is 3.45. The van der Waals surface area contributed by atoms with Crippen molar-refractivity contribution in [2.45, 2.75) is 64.3 Å². The molecule has 13 heteroatoms. The Morgan fingerprint density at radius 3 is 2.60 bits per heavy atom. The Kier molecular flexibility index (Phi) is 10.5. The average molecular weight is 569 g/mol. The van der Waals surface area contributed by atoms with Gasteiger partial charge in [0.05, 0.1) is 18.2 Å². The number of carbonyl (C=O) groups excluding carboxylic acids is 5. The summed E-state index contributed by atoms with van der Waals surface area (Å²) in [5.41, 5.74) is -0.455. The molecule has 1 unspecified atom stereocenters. The first-order chi connectivity index (χ1) is 18.8. The number of halogens is 3. The van der Waals surface area contributed by atoms with Crippen LogP contribution in [0.3, 0.4) is 0 Å². The third-order valence-corrected chi connectivity index (χ3v) is 6.88. The maximum Gasteiger partial charge on any atom is 0.416 e. The van der Waals surface area contributed by atoms with E-state index in [4.69, 9.17) is 4.74 Å². The third-order valence-electron chi connectivity index (χ3n) is 6.88. The highest BCUT2D eigenvalue weighted by Gasteiger charge is 2.34. The van der Waals surface area contributed by atoms with E-state index >= 15 is 0 Å². The topological polar surface area (TPSA) is 134 Å². The molecule has 4 amide bonds. The molecule has 220 valence electrons. The SMILES string of the molecule is CC(C)C[C@H](NC(=O)OCC1CC(=O)N(Cc2cccc(C(F)(F)F)c2)C1)C(=O)N[C@H](C=O)C[C@@H]1CCNC1=O. The van der Waals surface area contributed by atoms with Gasteiger partial charge in [0, 0.05) is 37.9 Å². The number of hydrogen-bond donors (Lipinski definition) is 3. The number of likely N-dealkylation sites (tertiary alicyclic amines) is 1. The first-order valence-electron chi connectivity index (χ1n) is 13.3. The smallest absolute Gasteiger partial charge is 0.416 e. The van der Waals surface area contributed by atoms with Crippen LogP contribution in [-0.2, 0) is 36.6 Å². The van der Waals surface area contributed by atoms with Gasteiger partial charge in [-0.05, 0) is 42.9 Å². The fourth-order valence-corrected chi connectivity index (χ4v) is 4.87. The lowest BCUT2D eigenvalue weighted by molar-refractivity contribution is -0.137. The lowest BCUT2D eigenvalue weighted by atomic mass is 9.98. The quantitative estimate of drug-likeness (QED) is 0.332. The number of nitrogens with zero attached hydrogens (tertiary/aromatic N) is 1. The van der Waals surface area contributed by atoms with Crippen LogP contribution in [0.2, 0.25) is 0 Å². The van der Waals surface area contributed by atoms with Crippen LogP contribution < -0.4 is 16.0 Å². The second kappa shape index (κ2) is 13.6. The van der Waals surface area contributed by atoms with Crippen molar-refractivity contribution in [2.75, 3.05) is 19.7 Å². The Morgan fingerprint density at radius 1 is 1.23 bits per heavy atom. The number of carbonyl (C=O) groups is 5. The van der Waals surface area contributed by atoms with Crippen molar-refractivity contribution in [2.24, 2.45) is 17.8 Å². The van der Waals surface area contributed by atoms with Gasteiger partial charge in [0.15, 0.2) is 0 Å². The molecule has 0 radical (unpaired) electrons. The summed E-state index contributed by atoms with van der Waals surface area (Å²) in [5.74, 6) is -1.73. The van der Waals surface area contributed by atoms with Gasteiger partial charge in [-0.2, -0.15) is 13.2 Å². The number of hydrogen-bond acceptors (Lipinski definition) is 6. The molecule has 10 nitrogen and oxygen atoms in total. The number of ether oxygens (including phenoxy) is 1. The number of benzene rings is 1. The maximum absolute atomic E-state index is 13.0. The second-order valence-corrected chi connectivity index (χ2v) is 10.7. The molecule has 1 aromatic carbocycles. The lowest BCUT2D eigenvalue weighted by Gasteiger charge is -2.23. The van der Waals surface area contributed by atoms with Crippen molar-refractivity contribution in [1.29, 1.82) is 0 Å². The predicted octanol–water partition coefficient (Wildman–Crippen LogP) is 2.40. The molecule has 2 aliphatic heterocycles. The minimum Gasteiger partial charge on any atom is -0.449 e. The molecule has 2 fully saturated rings. The standard InChI is InChI=1S/C27H35F3N4O6/c1-16(2)8-22(25(38)32-21(14-35)11-19-6-7-31-24(19)37)33-26(39)40-15-18-10-23(36)34(13-18)12-17-4-3-5-20(9-17)27(28,29)30/h3-5,9,14,16,18-19,21-22H,6-8,10-13,15H2,1-2H3,(H,31,37)(H,32,38)(H,33,39)/t18?,19-,21-,22-/m0/s1. The van der Waals surface area contributed by atoms with Gasteiger partial charge in [-0.25, -0.2) is 4.79 Å². The van der Waals surface area contributed by atoms with Crippen LogP contribution in [0, 0.1) is 17.8 Å². The molecule has 0 saturated carbocycles. The second-order valence-electron chi connectivity index (χ2n) is 10.7. The number of aldehydes is 1. The van der Waals surface area contributed by atoms with E-state index in [1.807, 2.05) is 13.8 Å². The van der Waals surface area contributed by atoms with Crippen molar-refractivity contribution in [3.05, 3.63) is 35.4 Å². The van der Waals surface area contributed by atoms with Gasteiger partial charge in [-0.3, -0.25) is 14.4 Å². The Bertz CT molecular complexity index is 1100. The summed E-state index contributed by atoms with van der Waals surface area (Å²) in [6.45, 7) is 4.31. The van der Waals surface area contributed by atoms with E-state index < -0.39 is 35.8 Å². The van der Waals surface area contributed by atoms with Crippen molar-refractivity contribution < 1.29 is 41.9 Å². The summed E-state index contributed by atoms with van der Waals surface area (Å²) in [7, 11) is 0. The number of nitrogens with one attached hydrogen (secondary N) is 3. The summed E-state index contributed by atoms with van der Waals surface area (Å²) in [4.78, 5) is 62.6. The van der Waals surface area contributed by atoms with Crippen molar-refractivity contribution >= 4 is 30.1 Å². The molecule has 3 rings (SSSR count). The largest absolute Gasteiger partial charge is 0.449 e. The van der Waals surface area contributed by atoms with E-state index in [0.717, 1.165) is 12.1 Å². The van der Waals surface area contributed by atoms with E-state index in [9.17, 15) is 37.1 Å². The Balaban J connectivity index is 1.50. The summed E-state index contributed by atoms with van der Waals surface area (Å²) < 4.78 is 44.2. The third kappa shape index (κ3) is 8.95. The van der Waals surface area contributed by atoms with Crippen LogP contribution in [0.25, 0.3) is 0 Å². The Morgan fingerprint density at radius 2 is 1.98 bits per heavy atom. The van der Waals surface area contributed by atoms with E-state index in [-0.39, 0.29) is 68.5 Å². The molecular weight excluding hydrogens is 533 g/mol. The molecule has 3 N–H and O–H groups in total. The Labute approximate surface area is 230 Å². The molecule has 40 heavy (non-hydrogen) atoms. The summed E-state index contributed by atoms with van der Waals surface area (Å²) in [5, 5.41) is 7.79. The van der Waals surface area contributed by atoms with Crippen LogP contribution in [0.5, 0.6) is 0 Å². The normalized spacial score (nSPS) is 20.7. The van der Waals surface area contributed by atoms with Gasteiger partial charge in [-0.1, -0.05) is 26.0 Å². The fraction of sp³-hybridized carbons (Fsp3) is 0.593. The minimum atomic E-state index is -4.49. The zero-order valence-electron chi connectivity index (χ0n) is 22.5. The van der Waals surface area contributed by atoms with Crippen LogP contribution in [0.1, 0.15) is 50.7 Å².